The Morgan fingerprint density at radius 3 is 1.44 bits per heavy atom. The van der Waals surface area contributed by atoms with Crippen LogP contribution in [0.4, 0.5) is 4.79 Å². The van der Waals surface area contributed by atoms with E-state index in [0.717, 1.165) is 24.7 Å². The van der Waals surface area contributed by atoms with E-state index >= 15 is 0 Å². The van der Waals surface area contributed by atoms with Crippen molar-refractivity contribution in [3.05, 3.63) is 215 Å². The van der Waals surface area contributed by atoms with Gasteiger partial charge in [-0.15, -0.1) is 0 Å². The van der Waals surface area contributed by atoms with Crippen LogP contribution < -0.4 is 0 Å². The van der Waals surface area contributed by atoms with Crippen LogP contribution in [-0.4, -0.2) is 141 Å². The zero-order valence-corrected chi connectivity index (χ0v) is 44.6. The molecule has 2 aliphatic rings. The number of aliphatic hydroxyl groups excluding tert-OH is 1. The van der Waals surface area contributed by atoms with Gasteiger partial charge < -0.3 is 62.1 Å². The number of aliphatic hydroxyl groups is 1. The molecule has 10 atom stereocenters. The summed E-state index contributed by atoms with van der Waals surface area (Å²) in [6.45, 7) is 1.57. The van der Waals surface area contributed by atoms with E-state index in [1.807, 2.05) is 67.6 Å². The quantitative estimate of drug-likeness (QED) is 0.0345. The maximum atomic E-state index is 14.5. The van der Waals surface area contributed by atoms with Gasteiger partial charge in [0.15, 0.2) is 43.1 Å². The van der Waals surface area contributed by atoms with E-state index in [4.69, 9.17) is 52.1 Å². The summed E-state index contributed by atoms with van der Waals surface area (Å²) < 4.78 is 68.1. The molecular formula is C62H63NO18. The smallest absolute Gasteiger partial charge is 0.410 e. The van der Waals surface area contributed by atoms with Crippen molar-refractivity contribution < 1.29 is 86.0 Å². The number of esters is 5. The molecule has 2 fully saturated rings. The third-order valence-corrected chi connectivity index (χ3v) is 13.1. The van der Waals surface area contributed by atoms with Gasteiger partial charge in [-0.1, -0.05) is 147 Å². The monoisotopic (exact) mass is 1110 g/mol. The lowest BCUT2D eigenvalue weighted by Gasteiger charge is -2.48. The lowest BCUT2D eigenvalue weighted by atomic mass is 9.95. The molecule has 6 aromatic rings. The molecule has 0 saturated carbocycles. The molecule has 4 unspecified atom stereocenters. The largest absolute Gasteiger partial charge is 0.467 e. The summed E-state index contributed by atoms with van der Waals surface area (Å²) in [4.78, 5) is 85.9. The Kier molecular flexibility index (Phi) is 21.6. The third kappa shape index (κ3) is 16.2. The number of hydrogen-bond donors (Lipinski definition) is 1. The standard InChI is InChI=1S/C62H63NO18/c1-3-4-36-72-40-47-49(80-61-53(78-57(67)45-31-19-9-20-32-45)50(48(64)51(81-61)59(69)71-2)76-55(65)43-27-15-7-16-28-43)52(77-56(66)44-29-17-8-18-30-44)54(79-58(68)46-33-21-10-22-34-46)60(75-47)73-37-35-63(38-41-23-11-5-12-24-41)62(70)74-39-42-25-13-6-14-26-42/h5-34,47-54,60-61,64H,3-4,35-40H2,1-2H3/t47?,48-,49+,50?,51?,52?,53-,54-,60+,61+/m0/s1. The number of hydrogen-bond acceptors (Lipinski definition) is 18. The Balaban J connectivity index is 1.20. The maximum Gasteiger partial charge on any atom is 0.410 e. The Morgan fingerprint density at radius 1 is 0.519 bits per heavy atom. The molecule has 2 saturated heterocycles. The Labute approximate surface area is 468 Å². The summed E-state index contributed by atoms with van der Waals surface area (Å²) in [5.41, 5.74) is 1.78. The summed E-state index contributed by atoms with van der Waals surface area (Å²) >= 11 is 0. The van der Waals surface area contributed by atoms with E-state index in [1.54, 1.807) is 72.8 Å². The van der Waals surface area contributed by atoms with Crippen molar-refractivity contribution in [1.29, 1.82) is 0 Å². The van der Waals surface area contributed by atoms with Crippen LogP contribution in [0.1, 0.15) is 72.3 Å². The fraction of sp³-hybridized carbons (Fsp3) is 0.323. The zero-order chi connectivity index (χ0) is 56.9. The van der Waals surface area contributed by atoms with E-state index in [0.29, 0.717) is 6.42 Å². The molecule has 1 N–H and O–H groups in total. The zero-order valence-electron chi connectivity index (χ0n) is 44.6. The minimum Gasteiger partial charge on any atom is -0.467 e. The molecule has 0 aromatic heterocycles. The van der Waals surface area contributed by atoms with Crippen LogP contribution in [0.2, 0.25) is 0 Å². The summed E-state index contributed by atoms with van der Waals surface area (Å²) in [5, 5.41) is 12.0. The highest BCUT2D eigenvalue weighted by atomic mass is 16.8. The van der Waals surface area contributed by atoms with Gasteiger partial charge in [-0.2, -0.15) is 0 Å². The number of benzene rings is 6. The first-order valence-corrected chi connectivity index (χ1v) is 26.5. The number of methoxy groups -OCH3 is 1. The van der Waals surface area contributed by atoms with Crippen molar-refractivity contribution in [3.8, 4) is 0 Å². The lowest BCUT2D eigenvalue weighted by molar-refractivity contribution is -0.354. The third-order valence-electron chi connectivity index (χ3n) is 13.1. The second-order valence-corrected chi connectivity index (χ2v) is 18.8. The van der Waals surface area contributed by atoms with Gasteiger partial charge in [0.2, 0.25) is 0 Å². The molecule has 2 aliphatic heterocycles. The van der Waals surface area contributed by atoms with Crippen molar-refractivity contribution in [2.75, 3.05) is 33.5 Å². The van der Waals surface area contributed by atoms with Crippen LogP contribution in [0.3, 0.4) is 0 Å². The Bertz CT molecular complexity index is 2940. The molecule has 2 heterocycles. The molecule has 1 amide bonds. The van der Waals surface area contributed by atoms with Gasteiger partial charge in [-0.25, -0.2) is 28.8 Å². The number of carbonyl (C=O) groups excluding carboxylic acids is 6. The molecule has 19 heteroatoms. The first-order valence-electron chi connectivity index (χ1n) is 26.5. The fourth-order valence-corrected chi connectivity index (χ4v) is 8.87. The number of ether oxygens (including phenoxy) is 11. The van der Waals surface area contributed by atoms with Crippen molar-refractivity contribution in [1.82, 2.24) is 4.90 Å². The minimum absolute atomic E-state index is 0.0167. The second kappa shape index (κ2) is 29.8. The van der Waals surface area contributed by atoms with Gasteiger partial charge in [0.05, 0.1) is 42.6 Å². The normalized spacial score (nSPS) is 22.3. The van der Waals surface area contributed by atoms with Crippen LogP contribution in [0, 0.1) is 0 Å². The van der Waals surface area contributed by atoms with Gasteiger partial charge in [-0.05, 0) is 66.1 Å². The van der Waals surface area contributed by atoms with E-state index < -0.39 is 97.4 Å². The highest BCUT2D eigenvalue weighted by Gasteiger charge is 2.58. The van der Waals surface area contributed by atoms with E-state index in [2.05, 4.69) is 0 Å². The molecule has 424 valence electrons. The van der Waals surface area contributed by atoms with Crippen LogP contribution in [-0.2, 0) is 70.1 Å². The van der Waals surface area contributed by atoms with Gasteiger partial charge in [0.25, 0.3) is 0 Å². The molecule has 19 nitrogen and oxygen atoms in total. The summed E-state index contributed by atoms with van der Waals surface area (Å²) in [7, 11) is 1.04. The van der Waals surface area contributed by atoms with E-state index in [9.17, 15) is 33.9 Å². The van der Waals surface area contributed by atoms with Crippen LogP contribution in [0.5, 0.6) is 0 Å². The molecule has 8 rings (SSSR count). The predicted molar refractivity (Wildman–Crippen MR) is 288 cm³/mol. The number of amides is 1. The maximum absolute atomic E-state index is 14.5. The highest BCUT2D eigenvalue weighted by molar-refractivity contribution is 5.91. The highest BCUT2D eigenvalue weighted by Crippen LogP contribution is 2.36. The average molecular weight is 1110 g/mol. The van der Waals surface area contributed by atoms with Crippen molar-refractivity contribution >= 4 is 35.9 Å². The molecule has 0 aliphatic carbocycles. The Hall–Kier alpha value is -8.30. The van der Waals surface area contributed by atoms with Crippen LogP contribution >= 0.6 is 0 Å². The lowest BCUT2D eigenvalue weighted by Crippen LogP contribution is -2.67. The Morgan fingerprint density at radius 2 is 0.963 bits per heavy atom. The average Bonchev–Trinajstić information content (AvgIpc) is 3.65. The van der Waals surface area contributed by atoms with Crippen molar-refractivity contribution in [3.63, 3.8) is 0 Å². The van der Waals surface area contributed by atoms with Crippen LogP contribution in [0.15, 0.2) is 182 Å². The SMILES string of the molecule is CCCCOCC1O[C@@H](OCCN(Cc2ccccc2)C(=O)OCc2ccccc2)[C@@H](OC(=O)c2ccccc2)C(OC(=O)c2ccccc2)[C@@H]1O[C@@H]1OC(C(=O)OC)[C@@H](O)C(OC(=O)c2ccccc2)[C@@H]1OC(=O)c1ccccc1. The first-order chi connectivity index (χ1) is 39.5. The molecular weight excluding hydrogens is 1050 g/mol. The predicted octanol–water partition coefficient (Wildman–Crippen LogP) is 7.93. The number of rotatable bonds is 24. The summed E-state index contributed by atoms with van der Waals surface area (Å²) in [5.74, 6) is -4.94. The van der Waals surface area contributed by atoms with Crippen LogP contribution in [0.25, 0.3) is 0 Å². The molecule has 0 bridgehead atoms. The molecule has 0 spiro atoms. The topological polar surface area (TPSA) is 227 Å². The number of unbranched alkanes of at least 4 members (excludes halogenated alkanes) is 1. The molecule has 6 aromatic carbocycles. The molecule has 81 heavy (non-hydrogen) atoms. The number of carbonyl (C=O) groups is 6. The van der Waals surface area contributed by atoms with Gasteiger partial charge >= 0.3 is 35.9 Å². The van der Waals surface area contributed by atoms with Gasteiger partial charge in [0, 0.05) is 19.7 Å². The van der Waals surface area contributed by atoms with Gasteiger partial charge in [-0.3, -0.25) is 0 Å². The summed E-state index contributed by atoms with van der Waals surface area (Å²) in [6, 6.07) is 49.7. The van der Waals surface area contributed by atoms with E-state index in [-0.39, 0.29) is 61.8 Å². The fourth-order valence-electron chi connectivity index (χ4n) is 8.87. The van der Waals surface area contributed by atoms with Crippen molar-refractivity contribution in [2.45, 2.75) is 94.3 Å². The van der Waals surface area contributed by atoms with Gasteiger partial charge in [0.1, 0.15) is 24.9 Å². The summed E-state index contributed by atoms with van der Waals surface area (Å²) in [6.07, 6.45) is -17.3. The van der Waals surface area contributed by atoms with Crippen molar-refractivity contribution in [2.24, 2.45) is 0 Å². The first kappa shape index (κ1) is 58.8. The number of nitrogens with zero attached hydrogens (tertiary/aromatic N) is 1. The van der Waals surface area contributed by atoms with E-state index in [1.165, 1.54) is 53.4 Å². The minimum atomic E-state index is -2.05. The molecule has 0 radical (unpaired) electrons. The second-order valence-electron chi connectivity index (χ2n) is 18.8.